The SMILES string of the molecule is CC(C)Nc1ncc2c(-c3cnc4ncc(Cl)n4c3)ccn2n1. The van der Waals surface area contributed by atoms with E-state index in [4.69, 9.17) is 11.6 Å². The van der Waals surface area contributed by atoms with Crippen LogP contribution in [0.5, 0.6) is 0 Å². The molecule has 0 bridgehead atoms. The third-order valence-electron chi connectivity index (χ3n) is 3.46. The number of nitrogens with zero attached hydrogens (tertiary/aromatic N) is 6. The standard InChI is InChI=1S/C15H14ClN7/c1-9(2)20-14-17-6-12-11(3-4-23(12)21-14)10-5-18-15-19-7-13(16)22(15)8-10/h3-9H,1-2H3,(H,20,21). The van der Waals surface area contributed by atoms with Crippen LogP contribution in [0.1, 0.15) is 13.8 Å². The fourth-order valence-corrected chi connectivity index (χ4v) is 2.63. The molecule has 0 spiro atoms. The lowest BCUT2D eigenvalue weighted by Gasteiger charge is -2.08. The summed E-state index contributed by atoms with van der Waals surface area (Å²) >= 11 is 6.12. The lowest BCUT2D eigenvalue weighted by atomic mass is 10.1. The van der Waals surface area contributed by atoms with Gasteiger partial charge in [-0.25, -0.2) is 19.5 Å². The molecule has 116 valence electrons. The number of rotatable bonds is 3. The highest BCUT2D eigenvalue weighted by Crippen LogP contribution is 2.25. The maximum Gasteiger partial charge on any atom is 0.241 e. The van der Waals surface area contributed by atoms with E-state index in [2.05, 4.69) is 25.4 Å². The third kappa shape index (κ3) is 2.39. The van der Waals surface area contributed by atoms with E-state index in [0.29, 0.717) is 16.9 Å². The summed E-state index contributed by atoms with van der Waals surface area (Å²) in [5, 5.41) is 8.17. The van der Waals surface area contributed by atoms with Gasteiger partial charge in [-0.2, -0.15) is 0 Å². The van der Waals surface area contributed by atoms with Crippen LogP contribution in [0.4, 0.5) is 5.95 Å². The Balaban J connectivity index is 1.82. The Hall–Kier alpha value is -2.67. The normalized spacial score (nSPS) is 11.7. The van der Waals surface area contributed by atoms with E-state index in [1.165, 1.54) is 0 Å². The first kappa shape index (κ1) is 14.0. The minimum absolute atomic E-state index is 0.275. The van der Waals surface area contributed by atoms with Crippen LogP contribution in [0.3, 0.4) is 0 Å². The highest BCUT2D eigenvalue weighted by atomic mass is 35.5. The Morgan fingerprint density at radius 1 is 1.13 bits per heavy atom. The predicted molar refractivity (Wildman–Crippen MR) is 88.7 cm³/mol. The molecule has 0 radical (unpaired) electrons. The maximum atomic E-state index is 6.12. The first-order valence-electron chi connectivity index (χ1n) is 7.22. The summed E-state index contributed by atoms with van der Waals surface area (Å²) in [6, 6.07) is 2.26. The van der Waals surface area contributed by atoms with Crippen molar-refractivity contribution >= 4 is 28.8 Å². The zero-order valence-corrected chi connectivity index (χ0v) is 13.4. The molecule has 0 atom stereocenters. The second kappa shape index (κ2) is 5.20. The summed E-state index contributed by atoms with van der Waals surface area (Å²) in [6.45, 7) is 4.09. The third-order valence-corrected chi connectivity index (χ3v) is 3.74. The fourth-order valence-electron chi connectivity index (χ4n) is 2.45. The maximum absolute atomic E-state index is 6.12. The van der Waals surface area contributed by atoms with Gasteiger partial charge in [0, 0.05) is 35.8 Å². The van der Waals surface area contributed by atoms with Crippen molar-refractivity contribution in [1.82, 2.24) is 29.0 Å². The van der Waals surface area contributed by atoms with Crippen molar-refractivity contribution in [2.45, 2.75) is 19.9 Å². The van der Waals surface area contributed by atoms with E-state index in [-0.39, 0.29) is 6.04 Å². The number of nitrogens with one attached hydrogen (secondary N) is 1. The van der Waals surface area contributed by atoms with E-state index in [1.807, 2.05) is 32.3 Å². The molecule has 4 rings (SSSR count). The molecule has 8 heteroatoms. The van der Waals surface area contributed by atoms with Gasteiger partial charge >= 0.3 is 0 Å². The quantitative estimate of drug-likeness (QED) is 0.626. The van der Waals surface area contributed by atoms with Crippen molar-refractivity contribution in [2.24, 2.45) is 0 Å². The van der Waals surface area contributed by atoms with Gasteiger partial charge in [0.15, 0.2) is 0 Å². The molecular formula is C15H14ClN7. The minimum Gasteiger partial charge on any atom is -0.351 e. The molecule has 0 aliphatic carbocycles. The van der Waals surface area contributed by atoms with Crippen LogP contribution < -0.4 is 5.32 Å². The Bertz CT molecular complexity index is 1000. The van der Waals surface area contributed by atoms with Crippen LogP contribution in [0.25, 0.3) is 22.4 Å². The Kier molecular flexibility index (Phi) is 3.16. The first-order valence-corrected chi connectivity index (χ1v) is 7.59. The summed E-state index contributed by atoms with van der Waals surface area (Å²) in [7, 11) is 0. The van der Waals surface area contributed by atoms with Gasteiger partial charge in [0.2, 0.25) is 11.7 Å². The van der Waals surface area contributed by atoms with Gasteiger partial charge in [-0.05, 0) is 19.9 Å². The number of halogens is 1. The molecule has 0 aliphatic rings. The molecule has 4 aromatic heterocycles. The first-order chi connectivity index (χ1) is 11.1. The molecule has 23 heavy (non-hydrogen) atoms. The molecule has 0 saturated heterocycles. The van der Waals surface area contributed by atoms with E-state index >= 15 is 0 Å². The van der Waals surface area contributed by atoms with Crippen molar-refractivity contribution < 1.29 is 0 Å². The molecule has 0 aromatic carbocycles. The van der Waals surface area contributed by atoms with Gasteiger partial charge in [0.05, 0.1) is 17.9 Å². The molecule has 1 N–H and O–H groups in total. The van der Waals surface area contributed by atoms with Gasteiger partial charge in [0.25, 0.3) is 0 Å². The number of fused-ring (bicyclic) bond motifs is 2. The Labute approximate surface area is 137 Å². The molecule has 0 saturated carbocycles. The van der Waals surface area contributed by atoms with E-state index in [1.54, 1.807) is 27.5 Å². The van der Waals surface area contributed by atoms with Gasteiger partial charge in [0.1, 0.15) is 5.15 Å². The highest BCUT2D eigenvalue weighted by molar-refractivity contribution is 6.29. The number of imidazole rings is 1. The van der Waals surface area contributed by atoms with Gasteiger partial charge in [-0.1, -0.05) is 11.6 Å². The summed E-state index contributed by atoms with van der Waals surface area (Å²) in [4.78, 5) is 12.8. The number of aromatic nitrogens is 6. The fraction of sp³-hybridized carbons (Fsp3) is 0.200. The number of hydrogen-bond donors (Lipinski definition) is 1. The molecule has 0 amide bonds. The van der Waals surface area contributed by atoms with Crippen LogP contribution in [0.15, 0.2) is 37.1 Å². The van der Waals surface area contributed by atoms with Crippen molar-refractivity contribution in [3.8, 4) is 11.1 Å². The number of anilines is 1. The monoisotopic (exact) mass is 327 g/mol. The zero-order chi connectivity index (χ0) is 16.0. The molecule has 0 fully saturated rings. The van der Waals surface area contributed by atoms with E-state index in [0.717, 1.165) is 16.6 Å². The lowest BCUT2D eigenvalue weighted by molar-refractivity contribution is 0.834. The highest BCUT2D eigenvalue weighted by Gasteiger charge is 2.10. The van der Waals surface area contributed by atoms with Crippen LogP contribution in [0.2, 0.25) is 5.15 Å². The second-order valence-electron chi connectivity index (χ2n) is 5.53. The zero-order valence-electron chi connectivity index (χ0n) is 12.6. The summed E-state index contributed by atoms with van der Waals surface area (Å²) in [6.07, 6.45) is 8.96. The summed E-state index contributed by atoms with van der Waals surface area (Å²) < 4.78 is 3.54. The van der Waals surface area contributed by atoms with Crippen LogP contribution >= 0.6 is 11.6 Å². The lowest BCUT2D eigenvalue weighted by Crippen LogP contribution is -2.13. The van der Waals surface area contributed by atoms with Crippen molar-refractivity contribution in [3.63, 3.8) is 0 Å². The van der Waals surface area contributed by atoms with Gasteiger partial charge in [-0.3, -0.25) is 4.40 Å². The van der Waals surface area contributed by atoms with Crippen molar-refractivity contribution in [2.75, 3.05) is 5.32 Å². The molecular weight excluding hydrogens is 314 g/mol. The molecule has 4 heterocycles. The van der Waals surface area contributed by atoms with Crippen LogP contribution in [-0.4, -0.2) is 35.0 Å². The second-order valence-corrected chi connectivity index (χ2v) is 5.92. The van der Waals surface area contributed by atoms with Crippen LogP contribution in [-0.2, 0) is 0 Å². The topological polar surface area (TPSA) is 72.4 Å². The largest absolute Gasteiger partial charge is 0.351 e. The molecule has 0 unspecified atom stereocenters. The molecule has 7 nitrogen and oxygen atoms in total. The molecule has 4 aromatic rings. The average molecular weight is 328 g/mol. The summed E-state index contributed by atoms with van der Waals surface area (Å²) in [5.74, 6) is 1.17. The van der Waals surface area contributed by atoms with E-state index in [9.17, 15) is 0 Å². The van der Waals surface area contributed by atoms with Crippen molar-refractivity contribution in [1.29, 1.82) is 0 Å². The van der Waals surface area contributed by atoms with Gasteiger partial charge < -0.3 is 5.32 Å². The van der Waals surface area contributed by atoms with Gasteiger partial charge in [-0.15, -0.1) is 5.10 Å². The van der Waals surface area contributed by atoms with Crippen LogP contribution in [0, 0.1) is 0 Å². The average Bonchev–Trinajstić information content (AvgIpc) is 3.10. The molecule has 0 aliphatic heterocycles. The van der Waals surface area contributed by atoms with E-state index < -0.39 is 0 Å². The van der Waals surface area contributed by atoms with Crippen molar-refractivity contribution in [3.05, 3.63) is 42.2 Å². The number of hydrogen-bond acceptors (Lipinski definition) is 5. The summed E-state index contributed by atoms with van der Waals surface area (Å²) in [5.41, 5.74) is 2.81. The minimum atomic E-state index is 0.275. The predicted octanol–water partition coefficient (Wildman–Crippen LogP) is 2.91. The Morgan fingerprint density at radius 2 is 1.96 bits per heavy atom. The Morgan fingerprint density at radius 3 is 2.78 bits per heavy atom. The smallest absolute Gasteiger partial charge is 0.241 e.